The molecule has 112 valence electrons. The normalized spacial score (nSPS) is 11.4. The summed E-state index contributed by atoms with van der Waals surface area (Å²) < 4.78 is 27.4. The third kappa shape index (κ3) is 3.79. The van der Waals surface area contributed by atoms with Gasteiger partial charge in [0.1, 0.15) is 4.90 Å². The highest BCUT2D eigenvalue weighted by Gasteiger charge is 2.21. The van der Waals surface area contributed by atoms with Gasteiger partial charge >= 0.3 is 0 Å². The first-order valence-electron chi connectivity index (χ1n) is 5.65. The summed E-state index contributed by atoms with van der Waals surface area (Å²) >= 11 is 19.1. The van der Waals surface area contributed by atoms with Gasteiger partial charge in [-0.1, -0.05) is 46.9 Å². The van der Waals surface area contributed by atoms with Gasteiger partial charge in [0.15, 0.2) is 0 Å². The van der Waals surface area contributed by atoms with Crippen LogP contribution in [0.2, 0.25) is 15.1 Å². The van der Waals surface area contributed by atoms with Crippen molar-refractivity contribution in [2.24, 2.45) is 0 Å². The van der Waals surface area contributed by atoms with Gasteiger partial charge in [-0.25, -0.2) is 8.42 Å². The highest BCUT2D eigenvalue weighted by atomic mass is 35.5. The lowest BCUT2D eigenvalue weighted by Crippen LogP contribution is -2.14. The summed E-state index contributed by atoms with van der Waals surface area (Å²) in [4.78, 5) is 0.687. The highest BCUT2D eigenvalue weighted by Crippen LogP contribution is 2.33. The summed E-state index contributed by atoms with van der Waals surface area (Å²) in [6.45, 7) is 0. The van der Waals surface area contributed by atoms with Gasteiger partial charge < -0.3 is 0 Å². The van der Waals surface area contributed by atoms with Crippen molar-refractivity contribution in [2.75, 3.05) is 11.0 Å². The van der Waals surface area contributed by atoms with E-state index < -0.39 is 10.0 Å². The second-order valence-corrected chi connectivity index (χ2v) is 7.72. The van der Waals surface area contributed by atoms with Crippen LogP contribution in [0.15, 0.2) is 46.2 Å². The molecule has 0 radical (unpaired) electrons. The molecule has 0 heterocycles. The minimum Gasteiger partial charge on any atom is -0.278 e. The minimum atomic E-state index is -3.85. The van der Waals surface area contributed by atoms with Crippen molar-refractivity contribution in [2.45, 2.75) is 9.79 Å². The number of sulfonamides is 1. The lowest BCUT2D eigenvalue weighted by molar-refractivity contribution is 0.601. The Balaban J connectivity index is 2.46. The third-order valence-corrected chi connectivity index (χ3v) is 5.96. The van der Waals surface area contributed by atoms with E-state index in [1.165, 1.54) is 23.9 Å². The maximum atomic E-state index is 12.4. The Morgan fingerprint density at radius 2 is 1.62 bits per heavy atom. The zero-order valence-electron chi connectivity index (χ0n) is 10.7. The molecule has 0 unspecified atom stereocenters. The van der Waals surface area contributed by atoms with Gasteiger partial charge in [-0.05, 0) is 30.5 Å². The van der Waals surface area contributed by atoms with Crippen LogP contribution in [0.3, 0.4) is 0 Å². The second kappa shape index (κ2) is 6.67. The molecule has 0 aliphatic rings. The molecule has 8 heteroatoms. The van der Waals surface area contributed by atoms with Crippen LogP contribution in [0.4, 0.5) is 5.69 Å². The van der Waals surface area contributed by atoms with Crippen LogP contribution in [-0.4, -0.2) is 14.7 Å². The summed E-state index contributed by atoms with van der Waals surface area (Å²) in [5, 5.41) is 0.336. The van der Waals surface area contributed by atoms with Crippen molar-refractivity contribution < 1.29 is 8.42 Å². The van der Waals surface area contributed by atoms with Crippen molar-refractivity contribution in [3.63, 3.8) is 0 Å². The summed E-state index contributed by atoms with van der Waals surface area (Å²) in [5.41, 5.74) is 0.479. The highest BCUT2D eigenvalue weighted by molar-refractivity contribution is 7.99. The molecule has 0 aliphatic heterocycles. The Kier molecular flexibility index (Phi) is 5.33. The summed E-state index contributed by atoms with van der Waals surface area (Å²) in [7, 11) is -3.85. The zero-order chi connectivity index (χ0) is 15.6. The molecule has 2 rings (SSSR count). The number of hydrogen-bond donors (Lipinski definition) is 1. The quantitative estimate of drug-likeness (QED) is 0.586. The number of rotatable bonds is 4. The van der Waals surface area contributed by atoms with Crippen molar-refractivity contribution in [1.82, 2.24) is 0 Å². The van der Waals surface area contributed by atoms with Crippen molar-refractivity contribution in [1.29, 1.82) is 0 Å². The number of benzene rings is 2. The van der Waals surface area contributed by atoms with Gasteiger partial charge in [-0.3, -0.25) is 4.72 Å². The molecule has 0 aromatic heterocycles. The summed E-state index contributed by atoms with van der Waals surface area (Å²) in [6, 6.07) is 9.61. The van der Waals surface area contributed by atoms with Crippen molar-refractivity contribution >= 4 is 62.3 Å². The Bertz CT molecular complexity index is 779. The van der Waals surface area contributed by atoms with Crippen LogP contribution >= 0.6 is 46.6 Å². The fraction of sp³-hybridized carbons (Fsp3) is 0.0769. The summed E-state index contributed by atoms with van der Waals surface area (Å²) in [5.74, 6) is 0. The van der Waals surface area contributed by atoms with E-state index in [4.69, 9.17) is 34.8 Å². The lowest BCUT2D eigenvalue weighted by Gasteiger charge is -2.12. The van der Waals surface area contributed by atoms with E-state index in [-0.39, 0.29) is 20.0 Å². The first kappa shape index (κ1) is 16.8. The Labute approximate surface area is 142 Å². The number of nitrogens with one attached hydrogen (secondary N) is 1. The molecule has 0 saturated heterocycles. The monoisotopic (exact) mass is 381 g/mol. The number of anilines is 1. The Hall–Kier alpha value is -0.590. The largest absolute Gasteiger partial charge is 0.278 e. The average Bonchev–Trinajstić information content (AvgIpc) is 2.43. The molecule has 2 aromatic carbocycles. The Morgan fingerprint density at radius 1 is 1.00 bits per heavy atom. The van der Waals surface area contributed by atoms with Crippen LogP contribution in [0, 0.1) is 0 Å². The van der Waals surface area contributed by atoms with Crippen molar-refractivity contribution in [3.8, 4) is 0 Å². The number of para-hydroxylation sites is 1. The van der Waals surface area contributed by atoms with E-state index in [9.17, 15) is 8.42 Å². The van der Waals surface area contributed by atoms with Crippen molar-refractivity contribution in [3.05, 3.63) is 51.5 Å². The van der Waals surface area contributed by atoms with Crippen LogP contribution in [0.25, 0.3) is 0 Å². The third-order valence-electron chi connectivity index (χ3n) is 2.62. The molecule has 0 amide bonds. The van der Waals surface area contributed by atoms with Crippen LogP contribution < -0.4 is 4.72 Å². The second-order valence-electron chi connectivity index (χ2n) is 4.00. The number of hydrogen-bond acceptors (Lipinski definition) is 3. The molecule has 21 heavy (non-hydrogen) atoms. The standard InChI is InChI=1S/C13H10Cl3NO2S2/c1-20-12-5-3-2-4-11(12)17-21(18,19)13-7-9(15)8(14)6-10(13)16/h2-7,17H,1H3. The average molecular weight is 383 g/mol. The molecule has 1 N–H and O–H groups in total. The van der Waals surface area contributed by atoms with Crippen LogP contribution in [0.5, 0.6) is 0 Å². The molecule has 0 aliphatic carbocycles. The minimum absolute atomic E-state index is 0.0125. The van der Waals surface area contributed by atoms with Crippen LogP contribution in [0.1, 0.15) is 0 Å². The fourth-order valence-electron chi connectivity index (χ4n) is 1.64. The van der Waals surface area contributed by atoms with E-state index in [1.54, 1.807) is 12.1 Å². The SMILES string of the molecule is CSc1ccccc1NS(=O)(=O)c1cc(Cl)c(Cl)cc1Cl. The zero-order valence-corrected chi connectivity index (χ0v) is 14.6. The maximum Gasteiger partial charge on any atom is 0.263 e. The van der Waals surface area contributed by atoms with E-state index in [0.717, 1.165) is 4.90 Å². The van der Waals surface area contributed by atoms with Gasteiger partial charge in [0.05, 0.1) is 20.8 Å². The molecule has 0 atom stereocenters. The Morgan fingerprint density at radius 3 is 2.29 bits per heavy atom. The number of thioether (sulfide) groups is 1. The van der Waals surface area contributed by atoms with Crippen LogP contribution in [-0.2, 0) is 10.0 Å². The van der Waals surface area contributed by atoms with Gasteiger partial charge in [-0.15, -0.1) is 11.8 Å². The van der Waals surface area contributed by atoms with Gasteiger partial charge in [0, 0.05) is 4.90 Å². The van der Waals surface area contributed by atoms with Gasteiger partial charge in [0.25, 0.3) is 10.0 Å². The molecule has 0 fully saturated rings. The van der Waals surface area contributed by atoms with E-state index in [2.05, 4.69) is 4.72 Å². The fourth-order valence-corrected chi connectivity index (χ4v) is 4.34. The van der Waals surface area contributed by atoms with Gasteiger partial charge in [-0.2, -0.15) is 0 Å². The molecule has 0 bridgehead atoms. The number of halogens is 3. The lowest BCUT2D eigenvalue weighted by atomic mass is 10.3. The molecule has 2 aromatic rings. The molecular weight excluding hydrogens is 373 g/mol. The molecular formula is C13H10Cl3NO2S2. The summed E-state index contributed by atoms with van der Waals surface area (Å²) in [6.07, 6.45) is 1.86. The first-order valence-corrected chi connectivity index (χ1v) is 9.49. The smallest absolute Gasteiger partial charge is 0.263 e. The van der Waals surface area contributed by atoms with Gasteiger partial charge in [0.2, 0.25) is 0 Å². The molecule has 0 spiro atoms. The van der Waals surface area contributed by atoms with E-state index in [1.807, 2.05) is 18.4 Å². The first-order chi connectivity index (χ1) is 9.85. The maximum absolute atomic E-state index is 12.4. The van der Waals surface area contributed by atoms with E-state index in [0.29, 0.717) is 5.69 Å². The topological polar surface area (TPSA) is 46.2 Å². The molecule has 3 nitrogen and oxygen atoms in total. The predicted molar refractivity (Wildman–Crippen MR) is 90.5 cm³/mol. The molecule has 0 saturated carbocycles. The predicted octanol–water partition coefficient (Wildman–Crippen LogP) is 5.17. The van der Waals surface area contributed by atoms with E-state index >= 15 is 0 Å².